The summed E-state index contributed by atoms with van der Waals surface area (Å²) in [5, 5.41) is 24.0. The van der Waals surface area contributed by atoms with Crippen molar-refractivity contribution in [3.05, 3.63) is 0 Å². The van der Waals surface area contributed by atoms with Crippen LogP contribution in [0.3, 0.4) is 0 Å². The predicted octanol–water partition coefficient (Wildman–Crippen LogP) is -0.142. The summed E-state index contributed by atoms with van der Waals surface area (Å²) < 4.78 is 0. The minimum Gasteiger partial charge on any atom is -0.315 e. The summed E-state index contributed by atoms with van der Waals surface area (Å²) in [7, 11) is 0. The number of hydrogen-bond acceptors (Lipinski definition) is 7. The van der Waals surface area contributed by atoms with E-state index in [1.54, 1.807) is 0 Å². The molecule has 2 fully saturated rings. The highest BCUT2D eigenvalue weighted by molar-refractivity contribution is 4.59. The van der Waals surface area contributed by atoms with Gasteiger partial charge in [-0.2, -0.15) is 0 Å². The Labute approximate surface area is 174 Å². The zero-order chi connectivity index (χ0) is 19.8. The molecule has 0 spiro atoms. The molecule has 0 atom stereocenters. The van der Waals surface area contributed by atoms with Gasteiger partial charge in [0, 0.05) is 65.4 Å². The number of hydrogen-bond donors (Lipinski definition) is 7. The largest absolute Gasteiger partial charge is 0.315 e. The zero-order valence-corrected chi connectivity index (χ0v) is 18.3. The van der Waals surface area contributed by atoms with Crippen molar-refractivity contribution in [2.45, 2.75) is 44.9 Å². The van der Waals surface area contributed by atoms with Gasteiger partial charge >= 0.3 is 0 Å². The first-order valence-electron chi connectivity index (χ1n) is 11.9. The van der Waals surface area contributed by atoms with E-state index in [1.807, 2.05) is 0 Å². The molecule has 0 amide bonds. The molecule has 168 valence electrons. The Hall–Kier alpha value is -0.280. The molecule has 28 heavy (non-hydrogen) atoms. The van der Waals surface area contributed by atoms with Gasteiger partial charge < -0.3 is 37.2 Å². The second-order valence-corrected chi connectivity index (χ2v) is 7.72. The van der Waals surface area contributed by atoms with E-state index in [-0.39, 0.29) is 0 Å². The topological polar surface area (TPSA) is 84.2 Å². The lowest BCUT2D eigenvalue weighted by Gasteiger charge is -2.10. The molecular weight excluding hydrogens is 350 g/mol. The van der Waals surface area contributed by atoms with Crippen LogP contribution in [0.4, 0.5) is 0 Å². The average Bonchev–Trinajstić information content (AvgIpc) is 2.72. The van der Waals surface area contributed by atoms with Crippen LogP contribution >= 0.6 is 0 Å². The maximum Gasteiger partial charge on any atom is 0.00772 e. The molecular formula is C21H49N7. The maximum atomic E-state index is 3.46. The third-order valence-electron chi connectivity index (χ3n) is 5.06. The van der Waals surface area contributed by atoms with Gasteiger partial charge in [-0.05, 0) is 51.9 Å². The molecule has 2 saturated heterocycles. The van der Waals surface area contributed by atoms with Crippen molar-refractivity contribution in [2.24, 2.45) is 0 Å². The van der Waals surface area contributed by atoms with Crippen molar-refractivity contribution in [1.82, 2.24) is 37.2 Å². The molecule has 7 nitrogen and oxygen atoms in total. The minimum atomic E-state index is 1.07. The fraction of sp³-hybridized carbons (Fsp3) is 1.00. The molecule has 0 radical (unpaired) electrons. The standard InChI is InChI=1S/C11H25N3.C10H24N4/c1-2-4-6-12-8-10-14-11-9-13-7-5-3-1;1-2-4-12-6-8-14-10-9-13-7-5-11-3-1/h12-14H,1-11H2;11-14H,1-10H2. The summed E-state index contributed by atoms with van der Waals surface area (Å²) in [5.41, 5.74) is 0. The van der Waals surface area contributed by atoms with Gasteiger partial charge in [-0.15, -0.1) is 0 Å². The SMILES string of the molecule is C1CCCNCCNCCNCCC1.C1CCNCCNCCNCCNC1. The van der Waals surface area contributed by atoms with Crippen LogP contribution in [0.1, 0.15) is 44.9 Å². The van der Waals surface area contributed by atoms with Crippen LogP contribution in [0.5, 0.6) is 0 Å². The normalized spacial score (nSPS) is 24.0. The molecule has 7 N–H and O–H groups in total. The third-order valence-corrected chi connectivity index (χ3v) is 5.06. The molecule has 0 aromatic rings. The van der Waals surface area contributed by atoms with E-state index in [4.69, 9.17) is 0 Å². The van der Waals surface area contributed by atoms with Crippen molar-refractivity contribution in [3.8, 4) is 0 Å². The van der Waals surface area contributed by atoms with Crippen molar-refractivity contribution in [2.75, 3.05) is 91.6 Å². The van der Waals surface area contributed by atoms with Crippen LogP contribution in [0.2, 0.25) is 0 Å². The zero-order valence-electron chi connectivity index (χ0n) is 18.3. The fourth-order valence-corrected chi connectivity index (χ4v) is 3.29. The minimum absolute atomic E-state index is 1.07. The van der Waals surface area contributed by atoms with Crippen molar-refractivity contribution < 1.29 is 0 Å². The molecule has 7 heteroatoms. The predicted molar refractivity (Wildman–Crippen MR) is 122 cm³/mol. The van der Waals surface area contributed by atoms with E-state index in [0.29, 0.717) is 0 Å². The third kappa shape index (κ3) is 20.5. The van der Waals surface area contributed by atoms with Gasteiger partial charge in [0.2, 0.25) is 0 Å². The Morgan fingerprint density at radius 2 is 0.357 bits per heavy atom. The molecule has 2 aliphatic rings. The van der Waals surface area contributed by atoms with Crippen molar-refractivity contribution >= 4 is 0 Å². The van der Waals surface area contributed by atoms with E-state index in [2.05, 4.69) is 37.2 Å². The summed E-state index contributed by atoms with van der Waals surface area (Å²) >= 11 is 0. The van der Waals surface area contributed by atoms with Gasteiger partial charge in [0.1, 0.15) is 0 Å². The highest BCUT2D eigenvalue weighted by Crippen LogP contribution is 2.01. The molecule has 2 rings (SSSR count). The average molecular weight is 400 g/mol. The Morgan fingerprint density at radius 3 is 0.643 bits per heavy atom. The molecule has 2 aliphatic heterocycles. The van der Waals surface area contributed by atoms with E-state index in [0.717, 1.165) is 78.5 Å². The van der Waals surface area contributed by atoms with Crippen LogP contribution < -0.4 is 37.2 Å². The molecule has 2 heterocycles. The van der Waals surface area contributed by atoms with E-state index < -0.39 is 0 Å². The van der Waals surface area contributed by atoms with Crippen LogP contribution in [-0.4, -0.2) is 91.6 Å². The second kappa shape index (κ2) is 23.0. The smallest absolute Gasteiger partial charge is 0.00772 e. The van der Waals surface area contributed by atoms with Gasteiger partial charge in [-0.1, -0.05) is 19.3 Å². The molecule has 0 aromatic heterocycles. The molecule has 0 aromatic carbocycles. The first kappa shape index (κ1) is 25.8. The number of nitrogens with one attached hydrogen (secondary N) is 7. The van der Waals surface area contributed by atoms with Gasteiger partial charge in [0.05, 0.1) is 0 Å². The van der Waals surface area contributed by atoms with Crippen LogP contribution in [-0.2, 0) is 0 Å². The van der Waals surface area contributed by atoms with Crippen LogP contribution in [0.25, 0.3) is 0 Å². The van der Waals surface area contributed by atoms with E-state index in [9.17, 15) is 0 Å². The number of rotatable bonds is 0. The Bertz CT molecular complexity index is 157. The first-order chi connectivity index (χ1) is 14.0. The molecule has 0 saturated carbocycles. The monoisotopic (exact) mass is 399 g/mol. The van der Waals surface area contributed by atoms with Crippen LogP contribution in [0.15, 0.2) is 0 Å². The first-order valence-corrected chi connectivity index (χ1v) is 11.9. The Morgan fingerprint density at radius 1 is 0.179 bits per heavy atom. The highest BCUT2D eigenvalue weighted by atomic mass is 15.0. The van der Waals surface area contributed by atoms with Gasteiger partial charge in [-0.25, -0.2) is 0 Å². The molecule has 0 aliphatic carbocycles. The summed E-state index contributed by atoms with van der Waals surface area (Å²) in [6, 6.07) is 0. The Kier molecular flexibility index (Phi) is 21.2. The van der Waals surface area contributed by atoms with Crippen molar-refractivity contribution in [3.63, 3.8) is 0 Å². The second-order valence-electron chi connectivity index (χ2n) is 7.72. The highest BCUT2D eigenvalue weighted by Gasteiger charge is 1.94. The maximum absolute atomic E-state index is 3.46. The van der Waals surface area contributed by atoms with Crippen LogP contribution in [0, 0.1) is 0 Å². The summed E-state index contributed by atoms with van der Waals surface area (Å²) in [6.07, 6.45) is 9.42. The summed E-state index contributed by atoms with van der Waals surface area (Å²) in [6.45, 7) is 15.6. The fourth-order valence-electron chi connectivity index (χ4n) is 3.29. The Balaban J connectivity index is 0.000000280. The lowest BCUT2D eigenvalue weighted by molar-refractivity contribution is 0.524. The van der Waals surface area contributed by atoms with Gasteiger partial charge in [0.25, 0.3) is 0 Å². The summed E-state index contributed by atoms with van der Waals surface area (Å²) in [5.74, 6) is 0. The lowest BCUT2D eigenvalue weighted by atomic mass is 10.1. The summed E-state index contributed by atoms with van der Waals surface area (Å²) in [4.78, 5) is 0. The molecule has 0 bridgehead atoms. The van der Waals surface area contributed by atoms with Gasteiger partial charge in [0.15, 0.2) is 0 Å². The van der Waals surface area contributed by atoms with E-state index in [1.165, 1.54) is 58.0 Å². The molecule has 0 unspecified atom stereocenters. The quantitative estimate of drug-likeness (QED) is 0.305. The lowest BCUT2D eigenvalue weighted by Crippen LogP contribution is -2.36. The van der Waals surface area contributed by atoms with Gasteiger partial charge in [-0.3, -0.25) is 0 Å². The van der Waals surface area contributed by atoms with E-state index >= 15 is 0 Å². The van der Waals surface area contributed by atoms with Crippen molar-refractivity contribution in [1.29, 1.82) is 0 Å².